The Hall–Kier alpha value is -1.28. The largest absolute Gasteiger partial charge is 0.416 e. The molecule has 0 fully saturated rings. The number of aliphatic hydroxyl groups excluding tert-OH is 1. The Morgan fingerprint density at radius 1 is 1.00 bits per heavy atom. The molecule has 0 aromatic heterocycles. The summed E-state index contributed by atoms with van der Waals surface area (Å²) in [5, 5.41) is 9.41. The molecule has 20 heavy (non-hydrogen) atoms. The van der Waals surface area contributed by atoms with Gasteiger partial charge in [0.25, 0.3) is 0 Å². The number of rotatable bonds is 5. The van der Waals surface area contributed by atoms with Gasteiger partial charge < -0.3 is 9.84 Å². The van der Waals surface area contributed by atoms with Crippen molar-refractivity contribution in [2.75, 3.05) is 13.2 Å². The van der Waals surface area contributed by atoms with Crippen LogP contribution >= 0.6 is 0 Å². The second-order valence-corrected chi connectivity index (χ2v) is 4.18. The van der Waals surface area contributed by atoms with E-state index in [-0.39, 0.29) is 6.42 Å². The molecule has 0 aliphatic carbocycles. The van der Waals surface area contributed by atoms with Crippen molar-refractivity contribution in [3.05, 3.63) is 35.4 Å². The molecule has 0 aliphatic rings. The fraction of sp³-hybridized carbons (Fsp3) is 0.500. The molecule has 114 valence electrons. The Morgan fingerprint density at radius 3 is 2.00 bits per heavy atom. The molecule has 0 bridgehead atoms. The molecule has 1 atom stereocenters. The summed E-state index contributed by atoms with van der Waals surface area (Å²) in [4.78, 5) is 0. The maximum atomic E-state index is 12.3. The van der Waals surface area contributed by atoms with Crippen molar-refractivity contribution < 1.29 is 36.2 Å². The van der Waals surface area contributed by atoms with E-state index < -0.39 is 37.2 Å². The van der Waals surface area contributed by atoms with Crippen LogP contribution < -0.4 is 0 Å². The van der Waals surface area contributed by atoms with Gasteiger partial charge in [0, 0.05) is 6.42 Å². The first kappa shape index (κ1) is 16.8. The van der Waals surface area contributed by atoms with Crippen molar-refractivity contribution in [3.8, 4) is 0 Å². The van der Waals surface area contributed by atoms with Gasteiger partial charge in [-0.25, -0.2) is 0 Å². The maximum absolute atomic E-state index is 12.3. The van der Waals surface area contributed by atoms with E-state index in [9.17, 15) is 31.4 Å². The van der Waals surface area contributed by atoms with Crippen LogP contribution in [0.1, 0.15) is 11.1 Å². The lowest BCUT2D eigenvalue weighted by molar-refractivity contribution is -0.179. The van der Waals surface area contributed by atoms with E-state index >= 15 is 0 Å². The van der Waals surface area contributed by atoms with Crippen LogP contribution in [0.3, 0.4) is 0 Å². The quantitative estimate of drug-likeness (QED) is 0.847. The van der Waals surface area contributed by atoms with Gasteiger partial charge in [0.05, 0.1) is 18.3 Å². The van der Waals surface area contributed by atoms with Crippen molar-refractivity contribution in [1.29, 1.82) is 0 Å². The second kappa shape index (κ2) is 6.45. The Labute approximate surface area is 111 Å². The fourth-order valence-electron chi connectivity index (χ4n) is 1.47. The van der Waals surface area contributed by atoms with Crippen molar-refractivity contribution in [2.45, 2.75) is 24.9 Å². The van der Waals surface area contributed by atoms with Crippen LogP contribution in [0, 0.1) is 0 Å². The highest BCUT2D eigenvalue weighted by atomic mass is 19.4. The minimum absolute atomic E-state index is 0.0873. The van der Waals surface area contributed by atoms with Crippen LogP contribution in [-0.4, -0.2) is 30.6 Å². The number of hydrogen-bond donors (Lipinski definition) is 1. The van der Waals surface area contributed by atoms with Crippen LogP contribution in [0.5, 0.6) is 0 Å². The summed E-state index contributed by atoms with van der Waals surface area (Å²) in [5.41, 5.74) is -0.454. The van der Waals surface area contributed by atoms with Gasteiger partial charge in [-0.2, -0.15) is 26.3 Å². The Morgan fingerprint density at radius 2 is 1.55 bits per heavy atom. The molecule has 0 heterocycles. The van der Waals surface area contributed by atoms with E-state index in [0.717, 1.165) is 24.3 Å². The average molecular weight is 302 g/mol. The third kappa shape index (κ3) is 6.25. The molecule has 8 heteroatoms. The summed E-state index contributed by atoms with van der Waals surface area (Å²) < 4.78 is 76.4. The molecule has 0 amide bonds. The Balaban J connectivity index is 2.44. The van der Waals surface area contributed by atoms with Gasteiger partial charge in [-0.3, -0.25) is 0 Å². The van der Waals surface area contributed by atoms with Crippen LogP contribution in [0.4, 0.5) is 26.3 Å². The lowest BCUT2D eigenvalue weighted by atomic mass is 10.1. The van der Waals surface area contributed by atoms with Crippen LogP contribution in [0.15, 0.2) is 24.3 Å². The number of hydrogen-bond acceptors (Lipinski definition) is 2. The van der Waals surface area contributed by atoms with E-state index in [0.29, 0.717) is 5.56 Å². The summed E-state index contributed by atoms with van der Waals surface area (Å²) in [5.74, 6) is 0. The predicted molar refractivity (Wildman–Crippen MR) is 58.0 cm³/mol. The van der Waals surface area contributed by atoms with E-state index in [4.69, 9.17) is 0 Å². The minimum Gasteiger partial charge on any atom is -0.390 e. The smallest absolute Gasteiger partial charge is 0.390 e. The summed E-state index contributed by atoms with van der Waals surface area (Å²) in [7, 11) is 0. The third-order valence-corrected chi connectivity index (χ3v) is 2.33. The molecule has 0 spiro atoms. The van der Waals surface area contributed by atoms with Crippen molar-refractivity contribution >= 4 is 0 Å². The minimum atomic E-state index is -4.48. The molecule has 1 aromatic carbocycles. The lowest BCUT2D eigenvalue weighted by Gasteiger charge is -2.13. The van der Waals surface area contributed by atoms with E-state index in [2.05, 4.69) is 4.74 Å². The second-order valence-electron chi connectivity index (χ2n) is 4.18. The number of benzene rings is 1. The summed E-state index contributed by atoms with van der Waals surface area (Å²) in [6, 6.07) is 4.02. The molecule has 0 aliphatic heterocycles. The molecule has 1 N–H and O–H groups in total. The lowest BCUT2D eigenvalue weighted by Crippen LogP contribution is -2.24. The zero-order chi connectivity index (χ0) is 15.4. The standard InChI is InChI=1S/C12H12F6O2/c13-11(14,15)7-20-6-10(19)5-8-1-3-9(4-2-8)12(16,17)18/h1-4,10,19H,5-7H2. The Kier molecular flexibility index (Phi) is 5.41. The van der Waals surface area contributed by atoms with Gasteiger partial charge in [0.1, 0.15) is 6.61 Å². The number of ether oxygens (including phenoxy) is 1. The number of alkyl halides is 6. The summed E-state index contributed by atoms with van der Waals surface area (Å²) in [6.45, 7) is -2.02. The zero-order valence-corrected chi connectivity index (χ0v) is 10.1. The van der Waals surface area contributed by atoms with Gasteiger partial charge >= 0.3 is 12.4 Å². The molecule has 0 radical (unpaired) electrons. The molecular formula is C12H12F6O2. The third-order valence-electron chi connectivity index (χ3n) is 2.33. The average Bonchev–Trinajstić information content (AvgIpc) is 2.26. The highest BCUT2D eigenvalue weighted by Crippen LogP contribution is 2.29. The summed E-state index contributed by atoms with van der Waals surface area (Å²) in [6.07, 6.45) is -10.2. The van der Waals surface area contributed by atoms with Crippen LogP contribution in [0.25, 0.3) is 0 Å². The number of halogens is 6. The summed E-state index contributed by atoms with van der Waals surface area (Å²) >= 11 is 0. The Bertz CT molecular complexity index is 409. The van der Waals surface area contributed by atoms with E-state index in [1.165, 1.54) is 0 Å². The van der Waals surface area contributed by atoms with Crippen LogP contribution in [0.2, 0.25) is 0 Å². The molecule has 1 aromatic rings. The van der Waals surface area contributed by atoms with Gasteiger partial charge in [0.15, 0.2) is 0 Å². The first-order valence-corrected chi connectivity index (χ1v) is 5.56. The van der Waals surface area contributed by atoms with Crippen molar-refractivity contribution in [1.82, 2.24) is 0 Å². The monoisotopic (exact) mass is 302 g/mol. The predicted octanol–water partition coefficient (Wildman–Crippen LogP) is 3.19. The highest BCUT2D eigenvalue weighted by molar-refractivity contribution is 5.25. The molecule has 1 unspecified atom stereocenters. The normalized spacial score (nSPS) is 14.3. The van der Waals surface area contributed by atoms with Crippen molar-refractivity contribution in [3.63, 3.8) is 0 Å². The fourth-order valence-corrected chi connectivity index (χ4v) is 1.47. The first-order chi connectivity index (χ1) is 9.08. The maximum Gasteiger partial charge on any atom is 0.416 e. The van der Waals surface area contributed by atoms with Crippen molar-refractivity contribution in [2.24, 2.45) is 0 Å². The molecule has 2 nitrogen and oxygen atoms in total. The molecular weight excluding hydrogens is 290 g/mol. The van der Waals surface area contributed by atoms with E-state index in [1.807, 2.05) is 0 Å². The zero-order valence-electron chi connectivity index (χ0n) is 10.1. The van der Waals surface area contributed by atoms with Gasteiger partial charge in [0.2, 0.25) is 0 Å². The van der Waals surface area contributed by atoms with Gasteiger partial charge in [-0.15, -0.1) is 0 Å². The molecule has 1 rings (SSSR count). The van der Waals surface area contributed by atoms with Gasteiger partial charge in [-0.1, -0.05) is 12.1 Å². The molecule has 0 saturated heterocycles. The highest BCUT2D eigenvalue weighted by Gasteiger charge is 2.30. The van der Waals surface area contributed by atoms with Gasteiger partial charge in [-0.05, 0) is 17.7 Å². The first-order valence-electron chi connectivity index (χ1n) is 5.56. The molecule has 0 saturated carbocycles. The SMILES string of the molecule is OC(COCC(F)(F)F)Cc1ccc(C(F)(F)F)cc1. The topological polar surface area (TPSA) is 29.5 Å². The number of aliphatic hydroxyl groups is 1. The van der Waals surface area contributed by atoms with Crippen LogP contribution in [-0.2, 0) is 17.3 Å². The van der Waals surface area contributed by atoms with E-state index in [1.54, 1.807) is 0 Å².